The Hall–Kier alpha value is -3.62. The molecule has 2 aliphatic heterocycles. The second-order valence-corrected chi connectivity index (χ2v) is 7.73. The molecule has 154 valence electrons. The molecule has 30 heavy (non-hydrogen) atoms. The van der Waals surface area contributed by atoms with Gasteiger partial charge >= 0.3 is 0 Å². The zero-order chi connectivity index (χ0) is 20.8. The molecule has 9 heteroatoms. The molecule has 0 spiro atoms. The molecule has 9 nitrogen and oxygen atoms in total. The first-order chi connectivity index (χ1) is 14.5. The number of hydrogen-bond acceptors (Lipinski definition) is 5. The maximum Gasteiger partial charge on any atom is 0.269 e. The summed E-state index contributed by atoms with van der Waals surface area (Å²) in [5.41, 5.74) is 2.00. The van der Waals surface area contributed by atoms with Crippen molar-refractivity contribution in [1.82, 2.24) is 30.0 Å². The molecule has 1 aliphatic carbocycles. The van der Waals surface area contributed by atoms with Gasteiger partial charge in [-0.15, -0.1) is 5.10 Å². The SMILES string of the molecule is COc1cc(C(=O)N[C@@H]2[C@H]3C[C@@H]2N(C(=O)c2ccc(-c4ncc[nH]4)cc2)C3)n(C)n1. The van der Waals surface area contributed by atoms with Crippen molar-refractivity contribution < 1.29 is 14.3 Å². The van der Waals surface area contributed by atoms with Crippen molar-refractivity contribution in [3.05, 3.63) is 54.0 Å². The van der Waals surface area contributed by atoms with Crippen molar-refractivity contribution in [3.63, 3.8) is 0 Å². The number of ether oxygens (including phenoxy) is 1. The van der Waals surface area contributed by atoms with Crippen LogP contribution in [0.2, 0.25) is 0 Å². The molecule has 6 rings (SSSR count). The smallest absolute Gasteiger partial charge is 0.269 e. The molecule has 1 saturated carbocycles. The van der Waals surface area contributed by atoms with Gasteiger partial charge in [0.15, 0.2) is 0 Å². The predicted octanol–water partition coefficient (Wildman–Crippen LogP) is 1.46. The largest absolute Gasteiger partial charge is 0.480 e. The Bertz CT molecular complexity index is 1090. The number of amides is 2. The van der Waals surface area contributed by atoms with Crippen molar-refractivity contribution in [2.75, 3.05) is 13.7 Å². The van der Waals surface area contributed by atoms with Gasteiger partial charge in [0.2, 0.25) is 5.88 Å². The number of carbonyl (C=O) groups is 2. The number of aromatic amines is 1. The average Bonchev–Trinajstić information content (AvgIpc) is 3.54. The number of H-pyrrole nitrogens is 1. The fourth-order valence-electron chi connectivity index (χ4n) is 4.40. The molecule has 1 aromatic carbocycles. The molecule has 0 unspecified atom stereocenters. The summed E-state index contributed by atoms with van der Waals surface area (Å²) in [7, 11) is 3.22. The first kappa shape index (κ1) is 18.4. The van der Waals surface area contributed by atoms with Gasteiger partial charge in [0.1, 0.15) is 11.5 Å². The van der Waals surface area contributed by atoms with Gasteiger partial charge in [-0.3, -0.25) is 14.3 Å². The Balaban J connectivity index is 1.26. The Morgan fingerprint density at radius 1 is 1.27 bits per heavy atom. The first-order valence-corrected chi connectivity index (χ1v) is 9.85. The Kier molecular flexibility index (Phi) is 4.30. The van der Waals surface area contributed by atoms with Crippen LogP contribution in [0.1, 0.15) is 27.3 Å². The Morgan fingerprint density at radius 3 is 2.73 bits per heavy atom. The zero-order valence-corrected chi connectivity index (χ0v) is 16.7. The van der Waals surface area contributed by atoms with Gasteiger partial charge in [0, 0.05) is 49.1 Å². The maximum absolute atomic E-state index is 13.0. The van der Waals surface area contributed by atoms with Gasteiger partial charge in [-0.25, -0.2) is 4.98 Å². The summed E-state index contributed by atoms with van der Waals surface area (Å²) in [4.78, 5) is 34.9. The van der Waals surface area contributed by atoms with Gasteiger partial charge in [-0.2, -0.15) is 0 Å². The zero-order valence-electron chi connectivity index (χ0n) is 16.7. The number of methoxy groups -OCH3 is 1. The highest BCUT2D eigenvalue weighted by molar-refractivity contribution is 5.96. The molecule has 3 aliphatic rings. The summed E-state index contributed by atoms with van der Waals surface area (Å²) in [5.74, 6) is 1.24. The monoisotopic (exact) mass is 406 g/mol. The van der Waals surface area contributed by atoms with Crippen LogP contribution in [0, 0.1) is 5.92 Å². The van der Waals surface area contributed by atoms with E-state index in [0.29, 0.717) is 23.7 Å². The van der Waals surface area contributed by atoms with E-state index in [-0.39, 0.29) is 29.8 Å². The standard InChI is InChI=1S/C21H22N6O3/c1-26-16(10-17(25-26)30-2)20(28)24-18-14-9-15(18)27(11-14)21(29)13-5-3-12(4-6-13)19-22-7-8-23-19/h3-8,10,14-15,18H,9,11H2,1-2H3,(H,22,23)(H,24,28)/t14-,15-,18+/m0/s1. The molecule has 2 saturated heterocycles. The van der Waals surface area contributed by atoms with Crippen molar-refractivity contribution in [1.29, 1.82) is 0 Å². The number of nitrogens with one attached hydrogen (secondary N) is 2. The average molecular weight is 406 g/mol. The predicted molar refractivity (Wildman–Crippen MR) is 108 cm³/mol. The quantitative estimate of drug-likeness (QED) is 0.668. The fourth-order valence-corrected chi connectivity index (χ4v) is 4.40. The van der Waals surface area contributed by atoms with Crippen molar-refractivity contribution in [2.45, 2.75) is 18.5 Å². The lowest BCUT2D eigenvalue weighted by molar-refractivity contribution is 0.0697. The minimum absolute atomic E-state index is 0.00699. The number of aryl methyl sites for hydroxylation is 1. The van der Waals surface area contributed by atoms with Crippen molar-refractivity contribution in [3.8, 4) is 17.3 Å². The summed E-state index contributed by atoms with van der Waals surface area (Å²) in [6, 6.07) is 9.02. The van der Waals surface area contributed by atoms with E-state index in [0.717, 1.165) is 17.8 Å². The Morgan fingerprint density at radius 2 is 2.07 bits per heavy atom. The second-order valence-electron chi connectivity index (χ2n) is 7.73. The molecule has 3 atom stereocenters. The third-order valence-electron chi connectivity index (χ3n) is 6.06. The summed E-state index contributed by atoms with van der Waals surface area (Å²) in [6.07, 6.45) is 4.37. The van der Waals surface area contributed by atoms with E-state index in [1.54, 1.807) is 25.5 Å². The van der Waals surface area contributed by atoms with E-state index < -0.39 is 0 Å². The van der Waals surface area contributed by atoms with Crippen LogP contribution in [0.3, 0.4) is 0 Å². The first-order valence-electron chi connectivity index (χ1n) is 9.85. The minimum atomic E-state index is -0.204. The van der Waals surface area contributed by atoms with Gasteiger partial charge in [0.25, 0.3) is 11.8 Å². The van der Waals surface area contributed by atoms with E-state index >= 15 is 0 Å². The van der Waals surface area contributed by atoms with Crippen LogP contribution in [0.15, 0.2) is 42.7 Å². The number of carbonyl (C=O) groups excluding carboxylic acids is 2. The van der Waals surface area contributed by atoms with Crippen LogP contribution in [-0.2, 0) is 7.05 Å². The third kappa shape index (κ3) is 2.94. The van der Waals surface area contributed by atoms with Crippen LogP contribution in [-0.4, -0.2) is 62.2 Å². The van der Waals surface area contributed by atoms with Gasteiger partial charge in [0.05, 0.1) is 19.2 Å². The molecular weight excluding hydrogens is 384 g/mol. The second kappa shape index (κ2) is 7.01. The molecule has 2 aromatic heterocycles. The highest BCUT2D eigenvalue weighted by Crippen LogP contribution is 2.42. The van der Waals surface area contributed by atoms with Crippen LogP contribution >= 0.6 is 0 Å². The van der Waals surface area contributed by atoms with Crippen LogP contribution in [0.4, 0.5) is 0 Å². The fraction of sp³-hybridized carbons (Fsp3) is 0.333. The van der Waals surface area contributed by atoms with Crippen LogP contribution < -0.4 is 10.1 Å². The summed E-state index contributed by atoms with van der Waals surface area (Å²) < 4.78 is 6.58. The van der Waals surface area contributed by atoms with Gasteiger partial charge in [-0.05, 0) is 18.6 Å². The van der Waals surface area contributed by atoms with Gasteiger partial charge < -0.3 is 19.9 Å². The van der Waals surface area contributed by atoms with E-state index in [1.165, 1.54) is 11.8 Å². The number of benzene rings is 1. The molecule has 4 heterocycles. The normalized spacial score (nSPS) is 21.9. The highest BCUT2D eigenvalue weighted by atomic mass is 16.5. The molecule has 2 amide bonds. The number of rotatable bonds is 5. The van der Waals surface area contributed by atoms with E-state index in [2.05, 4.69) is 20.4 Å². The van der Waals surface area contributed by atoms with Crippen molar-refractivity contribution in [2.24, 2.45) is 13.0 Å². The number of fused-ring (bicyclic) bond motifs is 1. The molecule has 3 fully saturated rings. The summed E-state index contributed by atoms with van der Waals surface area (Å²) in [6.45, 7) is 0.656. The molecule has 2 N–H and O–H groups in total. The Labute approximate surface area is 173 Å². The molecule has 0 radical (unpaired) electrons. The summed E-state index contributed by atoms with van der Waals surface area (Å²) in [5, 5.41) is 7.20. The third-order valence-corrected chi connectivity index (χ3v) is 6.06. The number of aromatic nitrogens is 4. The van der Waals surface area contributed by atoms with E-state index in [4.69, 9.17) is 4.74 Å². The van der Waals surface area contributed by atoms with Crippen LogP contribution in [0.25, 0.3) is 11.4 Å². The van der Waals surface area contributed by atoms with Crippen molar-refractivity contribution >= 4 is 11.8 Å². The summed E-state index contributed by atoms with van der Waals surface area (Å²) >= 11 is 0. The number of imidazole rings is 1. The lowest BCUT2D eigenvalue weighted by atomic mass is 9.80. The topological polar surface area (TPSA) is 105 Å². The molecular formula is C21H22N6O3. The highest BCUT2D eigenvalue weighted by Gasteiger charge is 2.54. The number of nitrogens with zero attached hydrogens (tertiary/aromatic N) is 4. The molecule has 2 bridgehead atoms. The van der Waals surface area contributed by atoms with Crippen LogP contribution in [0.5, 0.6) is 5.88 Å². The van der Waals surface area contributed by atoms with Gasteiger partial charge in [-0.1, -0.05) is 12.1 Å². The lowest BCUT2D eigenvalue weighted by Gasteiger charge is -2.36. The molecule has 3 aromatic rings. The van der Waals surface area contributed by atoms with E-state index in [1.807, 2.05) is 29.2 Å². The van der Waals surface area contributed by atoms with E-state index in [9.17, 15) is 9.59 Å². The maximum atomic E-state index is 13.0. The lowest BCUT2D eigenvalue weighted by Crippen LogP contribution is -2.55. The minimum Gasteiger partial charge on any atom is -0.480 e. The number of hydrogen-bond donors (Lipinski definition) is 2.